The molecule has 0 heterocycles. The number of nitrogens with one attached hydrogen (secondary N) is 2. The van der Waals surface area contributed by atoms with Crippen molar-refractivity contribution in [1.29, 1.82) is 0 Å². The molecular weight excluding hydrogens is 517 g/mol. The van der Waals surface area contributed by atoms with Crippen LogP contribution < -0.4 is 10.6 Å². The summed E-state index contributed by atoms with van der Waals surface area (Å²) in [6.07, 6.45) is -4.54. The predicted octanol–water partition coefficient (Wildman–Crippen LogP) is 8.06. The average molecular weight is 553 g/mol. The van der Waals surface area contributed by atoms with E-state index in [2.05, 4.69) is 17.2 Å². The van der Waals surface area contributed by atoms with Gasteiger partial charge in [0.15, 0.2) is 0 Å². The number of anilines is 1. The summed E-state index contributed by atoms with van der Waals surface area (Å²) < 4.78 is 46.1. The molecule has 0 saturated carbocycles. The normalized spacial score (nSPS) is 11.5. The highest BCUT2D eigenvalue weighted by Gasteiger charge is 2.33. The van der Waals surface area contributed by atoms with Crippen LogP contribution in [0.3, 0.4) is 0 Å². The Morgan fingerprint density at radius 1 is 0.875 bits per heavy atom. The molecule has 40 heavy (non-hydrogen) atoms. The highest BCUT2D eigenvalue weighted by atomic mass is 19.4. The molecule has 3 rings (SSSR count). The zero-order valence-electron chi connectivity index (χ0n) is 23.4. The van der Waals surface area contributed by atoms with E-state index >= 15 is 0 Å². The lowest BCUT2D eigenvalue weighted by Crippen LogP contribution is -2.26. The van der Waals surface area contributed by atoms with Crippen molar-refractivity contribution in [1.82, 2.24) is 5.32 Å². The van der Waals surface area contributed by atoms with Crippen LogP contribution in [0.1, 0.15) is 56.9 Å². The lowest BCUT2D eigenvalue weighted by molar-refractivity contribution is -0.138. The Bertz CT molecular complexity index is 1330. The van der Waals surface area contributed by atoms with Crippen LogP contribution in [0.2, 0.25) is 0 Å². The minimum Gasteiger partial charge on any atom is -0.456 e. The molecule has 3 aromatic rings. The van der Waals surface area contributed by atoms with Gasteiger partial charge in [-0.1, -0.05) is 82.8 Å². The first-order valence-electron chi connectivity index (χ1n) is 12.9. The van der Waals surface area contributed by atoms with Gasteiger partial charge in [-0.05, 0) is 42.8 Å². The Balaban J connectivity index is 0.00000274. The van der Waals surface area contributed by atoms with Gasteiger partial charge in [0.2, 0.25) is 5.91 Å². The molecule has 5 nitrogen and oxygen atoms in total. The molecule has 0 radical (unpaired) electrons. The van der Waals surface area contributed by atoms with Crippen molar-refractivity contribution >= 4 is 29.0 Å². The second-order valence-electron chi connectivity index (χ2n) is 8.90. The van der Waals surface area contributed by atoms with Crippen LogP contribution in [0, 0.1) is 5.92 Å². The summed E-state index contributed by atoms with van der Waals surface area (Å²) in [5, 5.41) is 5.36. The Labute approximate surface area is 233 Å². The number of hydrogen-bond donors (Lipinski definition) is 2. The molecule has 0 aliphatic rings. The van der Waals surface area contributed by atoms with E-state index in [0.29, 0.717) is 16.8 Å². The van der Waals surface area contributed by atoms with Crippen LogP contribution in [0.4, 0.5) is 18.9 Å². The van der Waals surface area contributed by atoms with Crippen LogP contribution in [0.5, 0.6) is 0 Å². The highest BCUT2D eigenvalue weighted by molar-refractivity contribution is 6.00. The fraction of sp³-hybridized carbons (Fsp3) is 0.250. The van der Waals surface area contributed by atoms with Gasteiger partial charge in [-0.3, -0.25) is 9.59 Å². The van der Waals surface area contributed by atoms with Gasteiger partial charge < -0.3 is 15.4 Å². The number of amides is 2. The van der Waals surface area contributed by atoms with Crippen LogP contribution in [-0.4, -0.2) is 11.8 Å². The average Bonchev–Trinajstić information content (AvgIpc) is 2.95. The lowest BCUT2D eigenvalue weighted by atomic mass is 10.1. The maximum atomic E-state index is 13.4. The summed E-state index contributed by atoms with van der Waals surface area (Å²) in [6, 6.07) is 20.9. The van der Waals surface area contributed by atoms with E-state index in [4.69, 9.17) is 4.74 Å². The maximum Gasteiger partial charge on any atom is 0.416 e. The summed E-state index contributed by atoms with van der Waals surface area (Å²) >= 11 is 0. The molecule has 8 heteroatoms. The van der Waals surface area contributed by atoms with E-state index in [1.165, 1.54) is 25.1 Å². The molecule has 2 amide bonds. The van der Waals surface area contributed by atoms with E-state index in [9.17, 15) is 22.8 Å². The monoisotopic (exact) mass is 552 g/mol. The van der Waals surface area contributed by atoms with Crippen molar-refractivity contribution in [3.05, 3.63) is 113 Å². The molecule has 0 atom stereocenters. The Kier molecular flexibility index (Phi) is 11.7. The fourth-order valence-corrected chi connectivity index (χ4v) is 3.51. The first-order valence-corrected chi connectivity index (χ1v) is 12.9. The SMILES string of the molecule is C=C(O/C(=C(\C)C(=O)NCc1ccccc1C(F)(F)F)c1ccc(NC(=O)C(C)C)cc1)c1ccccc1.CC. The quantitative estimate of drug-likeness (QED) is 0.208. The molecule has 3 aromatic carbocycles. The number of hydrogen-bond acceptors (Lipinski definition) is 3. The molecule has 0 spiro atoms. The largest absolute Gasteiger partial charge is 0.456 e. The van der Waals surface area contributed by atoms with Gasteiger partial charge in [0.1, 0.15) is 11.5 Å². The molecule has 0 aliphatic heterocycles. The number of alkyl halides is 3. The molecule has 0 fully saturated rings. The number of halogens is 3. The van der Waals surface area contributed by atoms with Crippen molar-refractivity contribution in [2.45, 2.75) is 47.3 Å². The second-order valence-corrected chi connectivity index (χ2v) is 8.90. The number of carbonyl (C=O) groups is 2. The molecule has 0 bridgehead atoms. The fourth-order valence-electron chi connectivity index (χ4n) is 3.51. The number of ether oxygens (including phenoxy) is 1. The van der Waals surface area contributed by atoms with Crippen molar-refractivity contribution in [3.63, 3.8) is 0 Å². The molecule has 2 N–H and O–H groups in total. The summed E-state index contributed by atoms with van der Waals surface area (Å²) in [5.41, 5.74) is 1.06. The van der Waals surface area contributed by atoms with E-state index in [1.807, 2.05) is 32.0 Å². The van der Waals surface area contributed by atoms with Gasteiger partial charge in [-0.2, -0.15) is 13.2 Å². The van der Waals surface area contributed by atoms with Gasteiger partial charge in [-0.25, -0.2) is 0 Å². The van der Waals surface area contributed by atoms with Crippen LogP contribution >= 0.6 is 0 Å². The van der Waals surface area contributed by atoms with Gasteiger partial charge in [0.25, 0.3) is 5.91 Å². The maximum absolute atomic E-state index is 13.4. The van der Waals surface area contributed by atoms with Crippen molar-refractivity contribution in [3.8, 4) is 0 Å². The van der Waals surface area contributed by atoms with Crippen LogP contribution in [0.25, 0.3) is 11.5 Å². The Morgan fingerprint density at radius 2 is 1.45 bits per heavy atom. The molecular formula is C32H35F3N2O3. The van der Waals surface area contributed by atoms with Crippen LogP contribution in [0.15, 0.2) is 91.0 Å². The summed E-state index contributed by atoms with van der Waals surface area (Å²) in [6.45, 7) is 12.7. The molecule has 0 aliphatic carbocycles. The summed E-state index contributed by atoms with van der Waals surface area (Å²) in [7, 11) is 0. The smallest absolute Gasteiger partial charge is 0.416 e. The highest BCUT2D eigenvalue weighted by Crippen LogP contribution is 2.32. The van der Waals surface area contributed by atoms with E-state index in [1.54, 1.807) is 50.2 Å². The van der Waals surface area contributed by atoms with Gasteiger partial charge in [0, 0.05) is 29.3 Å². The van der Waals surface area contributed by atoms with Gasteiger partial charge >= 0.3 is 6.18 Å². The third kappa shape index (κ3) is 8.86. The van der Waals surface area contributed by atoms with Crippen molar-refractivity contribution in [2.24, 2.45) is 5.92 Å². The summed E-state index contributed by atoms with van der Waals surface area (Å²) in [4.78, 5) is 25.1. The van der Waals surface area contributed by atoms with E-state index in [-0.39, 0.29) is 41.0 Å². The lowest BCUT2D eigenvalue weighted by Gasteiger charge is -2.17. The third-order valence-corrected chi connectivity index (χ3v) is 5.70. The standard InChI is InChI=1S/C30H29F3N2O3.C2H6/c1-19(2)28(36)35-25-16-14-23(15-17-25)27(38-21(4)22-10-6-5-7-11-22)20(3)29(37)34-18-24-12-8-9-13-26(24)30(31,32)33;1-2/h5-17,19H,4,18H2,1-3H3,(H,34,37)(H,35,36);1-2H3/b27-20+;. The number of rotatable bonds is 9. The number of carbonyl (C=O) groups excluding carboxylic acids is 2. The van der Waals surface area contributed by atoms with Crippen molar-refractivity contribution < 1.29 is 27.5 Å². The summed E-state index contributed by atoms with van der Waals surface area (Å²) in [5.74, 6) is -0.474. The third-order valence-electron chi connectivity index (χ3n) is 5.70. The van der Waals surface area contributed by atoms with Crippen molar-refractivity contribution in [2.75, 3.05) is 5.32 Å². The number of benzene rings is 3. The zero-order valence-corrected chi connectivity index (χ0v) is 23.4. The van der Waals surface area contributed by atoms with Gasteiger partial charge in [-0.15, -0.1) is 0 Å². The molecule has 0 saturated heterocycles. The van der Waals surface area contributed by atoms with E-state index < -0.39 is 17.6 Å². The minimum atomic E-state index is -4.54. The van der Waals surface area contributed by atoms with E-state index in [0.717, 1.165) is 6.07 Å². The molecule has 0 unspecified atom stereocenters. The zero-order chi connectivity index (χ0) is 29.9. The molecule has 0 aromatic heterocycles. The Morgan fingerprint density at radius 3 is 2.02 bits per heavy atom. The topological polar surface area (TPSA) is 67.4 Å². The Hall–Kier alpha value is -4.33. The van der Waals surface area contributed by atoms with Crippen LogP contribution in [-0.2, 0) is 27.0 Å². The predicted molar refractivity (Wildman–Crippen MR) is 154 cm³/mol. The van der Waals surface area contributed by atoms with Gasteiger partial charge in [0.05, 0.1) is 11.1 Å². The molecule has 212 valence electrons. The second kappa shape index (κ2) is 14.7. The first kappa shape index (κ1) is 31.9. The first-order chi connectivity index (χ1) is 19.0. The minimum absolute atomic E-state index is 0.0532.